The average molecular weight is 165 g/mol. The Balaban J connectivity index is 2.26. The minimum Gasteiger partial charge on any atom is -0.396 e. The highest BCUT2D eigenvalue weighted by molar-refractivity contribution is 5.39. The molecule has 2 rings (SSSR count). The van der Waals surface area contributed by atoms with E-state index in [1.807, 2.05) is 6.92 Å². The van der Waals surface area contributed by atoms with Gasteiger partial charge in [0.05, 0.1) is 23.6 Å². The van der Waals surface area contributed by atoms with Crippen LogP contribution in [0.5, 0.6) is 0 Å². The molecule has 1 aliphatic carbocycles. The molecule has 2 N–H and O–H groups in total. The monoisotopic (exact) mass is 165 g/mol. The Morgan fingerprint density at radius 2 is 2.17 bits per heavy atom. The average Bonchev–Trinajstić information content (AvgIpc) is 2.64. The zero-order valence-corrected chi connectivity index (χ0v) is 7.45. The van der Waals surface area contributed by atoms with Gasteiger partial charge in [-0.3, -0.25) is 4.68 Å². The molecule has 1 heterocycles. The van der Waals surface area contributed by atoms with Crippen LogP contribution in [0.25, 0.3) is 0 Å². The van der Waals surface area contributed by atoms with Gasteiger partial charge in [-0.1, -0.05) is 12.8 Å². The van der Waals surface area contributed by atoms with Crippen molar-refractivity contribution in [3.63, 3.8) is 0 Å². The molecule has 0 unspecified atom stereocenters. The van der Waals surface area contributed by atoms with E-state index in [0.29, 0.717) is 6.04 Å². The molecule has 3 nitrogen and oxygen atoms in total. The van der Waals surface area contributed by atoms with Crippen LogP contribution in [0.3, 0.4) is 0 Å². The summed E-state index contributed by atoms with van der Waals surface area (Å²) in [5.41, 5.74) is 7.67. The van der Waals surface area contributed by atoms with Gasteiger partial charge in [0.25, 0.3) is 0 Å². The second-order valence-corrected chi connectivity index (χ2v) is 3.57. The fraction of sp³-hybridized carbons (Fsp3) is 0.667. The maximum Gasteiger partial charge on any atom is 0.0730 e. The molecule has 1 aromatic rings. The molecule has 0 atom stereocenters. The van der Waals surface area contributed by atoms with E-state index in [0.717, 1.165) is 11.4 Å². The number of nitrogen functional groups attached to an aromatic ring is 1. The molecular weight excluding hydrogens is 150 g/mol. The Labute approximate surface area is 72.6 Å². The van der Waals surface area contributed by atoms with E-state index in [-0.39, 0.29) is 0 Å². The minimum absolute atomic E-state index is 0.613. The van der Waals surface area contributed by atoms with Crippen LogP contribution in [0.4, 0.5) is 5.69 Å². The summed E-state index contributed by atoms with van der Waals surface area (Å²) in [7, 11) is 0. The van der Waals surface area contributed by atoms with Crippen LogP contribution >= 0.6 is 0 Å². The van der Waals surface area contributed by atoms with Gasteiger partial charge < -0.3 is 5.73 Å². The predicted octanol–water partition coefficient (Wildman–Crippen LogP) is 1.89. The smallest absolute Gasteiger partial charge is 0.0730 e. The molecule has 0 radical (unpaired) electrons. The zero-order valence-electron chi connectivity index (χ0n) is 7.45. The Morgan fingerprint density at radius 3 is 2.67 bits per heavy atom. The highest BCUT2D eigenvalue weighted by Gasteiger charge is 2.19. The van der Waals surface area contributed by atoms with Crippen molar-refractivity contribution < 1.29 is 0 Å². The van der Waals surface area contributed by atoms with E-state index in [1.165, 1.54) is 25.7 Å². The standard InChI is InChI=1S/C9H15N3/c1-7-9(10)6-11-12(7)8-4-2-3-5-8/h6,8H,2-5,10H2,1H3. The quantitative estimate of drug-likeness (QED) is 0.690. The van der Waals surface area contributed by atoms with Crippen molar-refractivity contribution in [1.82, 2.24) is 9.78 Å². The predicted molar refractivity (Wildman–Crippen MR) is 48.9 cm³/mol. The maximum absolute atomic E-state index is 5.72. The van der Waals surface area contributed by atoms with Gasteiger partial charge in [0.2, 0.25) is 0 Å². The lowest BCUT2D eigenvalue weighted by Gasteiger charge is -2.11. The summed E-state index contributed by atoms with van der Waals surface area (Å²) in [5.74, 6) is 0. The Bertz CT molecular complexity index is 271. The second kappa shape index (κ2) is 2.81. The van der Waals surface area contributed by atoms with Crippen molar-refractivity contribution in [2.45, 2.75) is 38.6 Å². The van der Waals surface area contributed by atoms with Crippen molar-refractivity contribution in [2.24, 2.45) is 0 Å². The van der Waals surface area contributed by atoms with Crippen molar-refractivity contribution in [3.8, 4) is 0 Å². The number of anilines is 1. The number of hydrogen-bond donors (Lipinski definition) is 1. The number of nitrogens with zero attached hydrogens (tertiary/aromatic N) is 2. The summed E-state index contributed by atoms with van der Waals surface area (Å²) in [6, 6.07) is 0.613. The lowest BCUT2D eigenvalue weighted by Crippen LogP contribution is -2.08. The number of hydrogen-bond acceptors (Lipinski definition) is 2. The van der Waals surface area contributed by atoms with Crippen LogP contribution in [-0.2, 0) is 0 Å². The number of aromatic nitrogens is 2. The zero-order chi connectivity index (χ0) is 8.55. The second-order valence-electron chi connectivity index (χ2n) is 3.57. The van der Waals surface area contributed by atoms with Crippen molar-refractivity contribution in [2.75, 3.05) is 5.73 Å². The fourth-order valence-electron chi connectivity index (χ4n) is 1.95. The van der Waals surface area contributed by atoms with Crippen molar-refractivity contribution in [3.05, 3.63) is 11.9 Å². The molecule has 0 saturated heterocycles. The fourth-order valence-corrected chi connectivity index (χ4v) is 1.95. The van der Waals surface area contributed by atoms with Gasteiger partial charge in [0.15, 0.2) is 0 Å². The normalized spacial score (nSPS) is 18.8. The Hall–Kier alpha value is -0.990. The van der Waals surface area contributed by atoms with E-state index < -0.39 is 0 Å². The first-order valence-electron chi connectivity index (χ1n) is 4.58. The van der Waals surface area contributed by atoms with Gasteiger partial charge in [0.1, 0.15) is 0 Å². The third-order valence-electron chi connectivity index (χ3n) is 2.75. The summed E-state index contributed by atoms with van der Waals surface area (Å²) >= 11 is 0. The molecule has 12 heavy (non-hydrogen) atoms. The summed E-state index contributed by atoms with van der Waals surface area (Å²) in [6.45, 7) is 2.04. The van der Waals surface area contributed by atoms with Gasteiger partial charge in [-0.05, 0) is 19.8 Å². The molecule has 1 aliphatic rings. The molecule has 0 amide bonds. The van der Waals surface area contributed by atoms with Crippen LogP contribution in [0.15, 0.2) is 6.20 Å². The van der Waals surface area contributed by atoms with Gasteiger partial charge >= 0.3 is 0 Å². The van der Waals surface area contributed by atoms with E-state index in [2.05, 4.69) is 9.78 Å². The van der Waals surface area contributed by atoms with E-state index in [4.69, 9.17) is 5.73 Å². The van der Waals surface area contributed by atoms with Gasteiger partial charge in [-0.25, -0.2) is 0 Å². The Kier molecular flexibility index (Phi) is 1.79. The summed E-state index contributed by atoms with van der Waals surface area (Å²) in [4.78, 5) is 0. The third kappa shape index (κ3) is 1.09. The summed E-state index contributed by atoms with van der Waals surface area (Å²) in [5, 5.41) is 4.29. The van der Waals surface area contributed by atoms with Crippen LogP contribution in [0, 0.1) is 6.92 Å². The van der Waals surface area contributed by atoms with Crippen LogP contribution < -0.4 is 5.73 Å². The minimum atomic E-state index is 0.613. The highest BCUT2D eigenvalue weighted by atomic mass is 15.3. The molecule has 0 aliphatic heterocycles. The maximum atomic E-state index is 5.72. The van der Waals surface area contributed by atoms with Gasteiger partial charge in [0, 0.05) is 0 Å². The molecular formula is C9H15N3. The van der Waals surface area contributed by atoms with Crippen LogP contribution in [-0.4, -0.2) is 9.78 Å². The van der Waals surface area contributed by atoms with E-state index >= 15 is 0 Å². The third-order valence-corrected chi connectivity index (χ3v) is 2.75. The Morgan fingerprint density at radius 1 is 1.50 bits per heavy atom. The van der Waals surface area contributed by atoms with Gasteiger partial charge in [-0.15, -0.1) is 0 Å². The number of nitrogens with two attached hydrogens (primary N) is 1. The van der Waals surface area contributed by atoms with Gasteiger partial charge in [-0.2, -0.15) is 5.10 Å². The molecule has 1 saturated carbocycles. The lowest BCUT2D eigenvalue weighted by atomic mass is 10.2. The lowest BCUT2D eigenvalue weighted by molar-refractivity contribution is 0.457. The first kappa shape index (κ1) is 7.65. The molecule has 3 heteroatoms. The molecule has 66 valence electrons. The SMILES string of the molecule is Cc1c(N)cnn1C1CCCC1. The van der Waals surface area contributed by atoms with E-state index in [1.54, 1.807) is 6.20 Å². The highest BCUT2D eigenvalue weighted by Crippen LogP contribution is 2.30. The summed E-state index contributed by atoms with van der Waals surface area (Å²) in [6.07, 6.45) is 6.96. The molecule has 0 aromatic carbocycles. The summed E-state index contributed by atoms with van der Waals surface area (Å²) < 4.78 is 2.09. The first-order valence-corrected chi connectivity index (χ1v) is 4.58. The topological polar surface area (TPSA) is 43.8 Å². The largest absolute Gasteiger partial charge is 0.396 e. The van der Waals surface area contributed by atoms with Crippen LogP contribution in [0.1, 0.15) is 37.4 Å². The van der Waals surface area contributed by atoms with Crippen LogP contribution in [0.2, 0.25) is 0 Å². The van der Waals surface area contributed by atoms with Crippen molar-refractivity contribution in [1.29, 1.82) is 0 Å². The van der Waals surface area contributed by atoms with E-state index in [9.17, 15) is 0 Å². The number of rotatable bonds is 1. The molecule has 1 aromatic heterocycles. The molecule has 0 spiro atoms. The molecule has 0 bridgehead atoms. The van der Waals surface area contributed by atoms with Crippen molar-refractivity contribution >= 4 is 5.69 Å². The molecule has 1 fully saturated rings. The first-order chi connectivity index (χ1) is 5.79.